The van der Waals surface area contributed by atoms with Crippen molar-refractivity contribution in [3.8, 4) is 0 Å². The zero-order valence-corrected chi connectivity index (χ0v) is 11.6. The van der Waals surface area contributed by atoms with Gasteiger partial charge in [-0.25, -0.2) is 4.98 Å². The summed E-state index contributed by atoms with van der Waals surface area (Å²) in [7, 11) is 0. The molecule has 96 valence electrons. The highest BCUT2D eigenvalue weighted by Crippen LogP contribution is 2.39. The third kappa shape index (κ3) is 2.63. The highest BCUT2D eigenvalue weighted by molar-refractivity contribution is 7.15. The molecule has 2 heterocycles. The van der Waals surface area contributed by atoms with Crippen molar-refractivity contribution in [2.24, 2.45) is 5.41 Å². The highest BCUT2D eigenvalue weighted by Gasteiger charge is 2.31. The van der Waals surface area contributed by atoms with Crippen LogP contribution in [0.25, 0.3) is 0 Å². The molecular formula is C13H22N2OS. The summed E-state index contributed by atoms with van der Waals surface area (Å²) in [5, 5.41) is 10.1. The first-order valence-corrected chi connectivity index (χ1v) is 7.35. The molecule has 1 N–H and O–H groups in total. The summed E-state index contributed by atoms with van der Waals surface area (Å²) in [6.45, 7) is 6.96. The Labute approximate surface area is 107 Å². The zero-order valence-electron chi connectivity index (χ0n) is 10.8. The first-order chi connectivity index (χ1) is 8.23. The van der Waals surface area contributed by atoms with Crippen LogP contribution in [-0.4, -0.2) is 23.2 Å². The highest BCUT2D eigenvalue weighted by atomic mass is 32.1. The topological polar surface area (TPSA) is 36.4 Å². The zero-order chi connectivity index (χ0) is 12.3. The molecule has 0 bridgehead atoms. The average Bonchev–Trinajstić information content (AvgIpc) is 2.87. The Hall–Kier alpha value is -0.610. The second-order valence-corrected chi connectivity index (χ2v) is 6.06. The van der Waals surface area contributed by atoms with E-state index < -0.39 is 0 Å². The molecule has 0 atom stereocenters. The van der Waals surface area contributed by atoms with Crippen LogP contribution in [0.4, 0.5) is 5.13 Å². The van der Waals surface area contributed by atoms with Gasteiger partial charge < -0.3 is 10.0 Å². The minimum Gasteiger partial charge on any atom is -0.391 e. The van der Waals surface area contributed by atoms with Gasteiger partial charge in [0, 0.05) is 19.3 Å². The molecule has 1 aromatic heterocycles. The number of aliphatic hydroxyl groups is 1. The lowest BCUT2D eigenvalue weighted by Crippen LogP contribution is -2.39. The lowest BCUT2D eigenvalue weighted by molar-refractivity contribution is 0.199. The van der Waals surface area contributed by atoms with Crippen LogP contribution in [0.3, 0.4) is 0 Å². The van der Waals surface area contributed by atoms with Crippen molar-refractivity contribution in [2.45, 2.75) is 46.1 Å². The van der Waals surface area contributed by atoms with Crippen LogP contribution in [-0.2, 0) is 6.61 Å². The third-order valence-corrected chi connectivity index (χ3v) is 5.33. The van der Waals surface area contributed by atoms with E-state index in [1.807, 2.05) is 0 Å². The van der Waals surface area contributed by atoms with Crippen LogP contribution in [0, 0.1) is 5.41 Å². The van der Waals surface area contributed by atoms with Gasteiger partial charge in [-0.1, -0.05) is 38.0 Å². The molecule has 1 aliphatic rings. The van der Waals surface area contributed by atoms with Gasteiger partial charge in [0.05, 0.1) is 11.5 Å². The fourth-order valence-corrected chi connectivity index (χ4v) is 3.47. The maximum Gasteiger partial charge on any atom is 0.185 e. The van der Waals surface area contributed by atoms with Gasteiger partial charge in [-0.2, -0.15) is 0 Å². The van der Waals surface area contributed by atoms with Gasteiger partial charge in [-0.05, 0) is 18.3 Å². The summed E-state index contributed by atoms with van der Waals surface area (Å²) in [5.41, 5.74) is 0.563. The minimum absolute atomic E-state index is 0.110. The molecule has 17 heavy (non-hydrogen) atoms. The van der Waals surface area contributed by atoms with Crippen LogP contribution in [0.15, 0.2) is 6.20 Å². The van der Waals surface area contributed by atoms with E-state index >= 15 is 0 Å². The van der Waals surface area contributed by atoms with E-state index in [1.165, 1.54) is 25.7 Å². The molecule has 0 radical (unpaired) electrons. The molecule has 0 aliphatic carbocycles. The lowest BCUT2D eigenvalue weighted by Gasteiger charge is -2.40. The summed E-state index contributed by atoms with van der Waals surface area (Å²) in [4.78, 5) is 7.72. The van der Waals surface area contributed by atoms with Gasteiger partial charge >= 0.3 is 0 Å². The van der Waals surface area contributed by atoms with Crippen molar-refractivity contribution in [2.75, 3.05) is 18.0 Å². The van der Waals surface area contributed by atoms with E-state index in [1.54, 1.807) is 17.5 Å². The van der Waals surface area contributed by atoms with Crippen LogP contribution < -0.4 is 4.90 Å². The molecular weight excluding hydrogens is 232 g/mol. The van der Waals surface area contributed by atoms with Crippen LogP contribution >= 0.6 is 11.3 Å². The van der Waals surface area contributed by atoms with E-state index in [0.717, 1.165) is 23.1 Å². The van der Waals surface area contributed by atoms with E-state index in [2.05, 4.69) is 23.7 Å². The van der Waals surface area contributed by atoms with Gasteiger partial charge in [0.15, 0.2) is 5.13 Å². The molecule has 1 aromatic rings. The predicted octanol–water partition coefficient (Wildman–Crippen LogP) is 3.04. The molecule has 3 nitrogen and oxygen atoms in total. The smallest absolute Gasteiger partial charge is 0.185 e. The van der Waals surface area contributed by atoms with Crippen LogP contribution in [0.5, 0.6) is 0 Å². The van der Waals surface area contributed by atoms with E-state index in [-0.39, 0.29) is 6.61 Å². The van der Waals surface area contributed by atoms with Gasteiger partial charge in [-0.15, -0.1) is 0 Å². The van der Waals surface area contributed by atoms with Crippen molar-refractivity contribution in [1.29, 1.82) is 0 Å². The number of hydrogen-bond acceptors (Lipinski definition) is 4. The Kier molecular flexibility index (Phi) is 4.05. The molecule has 0 spiro atoms. The number of anilines is 1. The summed E-state index contributed by atoms with van der Waals surface area (Å²) in [6, 6.07) is 0. The minimum atomic E-state index is 0.110. The Morgan fingerprint density at radius 1 is 1.35 bits per heavy atom. The largest absolute Gasteiger partial charge is 0.391 e. The number of nitrogens with zero attached hydrogens (tertiary/aromatic N) is 2. The SMILES string of the molecule is CCC1(CC)CCN(c2ncc(CO)s2)CC1. The summed E-state index contributed by atoms with van der Waals surface area (Å²) in [6.07, 6.45) is 6.91. The van der Waals surface area contributed by atoms with Crippen molar-refractivity contribution >= 4 is 16.5 Å². The third-order valence-electron chi connectivity index (χ3n) is 4.29. The second kappa shape index (κ2) is 5.36. The summed E-state index contributed by atoms with van der Waals surface area (Å²) in [5.74, 6) is 0. The maximum absolute atomic E-state index is 9.06. The first kappa shape index (κ1) is 12.8. The number of aromatic nitrogens is 1. The Morgan fingerprint density at radius 2 is 2.00 bits per heavy atom. The summed E-state index contributed by atoms with van der Waals surface area (Å²) >= 11 is 1.62. The Morgan fingerprint density at radius 3 is 2.47 bits per heavy atom. The fraction of sp³-hybridized carbons (Fsp3) is 0.769. The van der Waals surface area contributed by atoms with E-state index in [4.69, 9.17) is 5.11 Å². The van der Waals surface area contributed by atoms with Crippen LogP contribution in [0.1, 0.15) is 44.4 Å². The molecule has 1 fully saturated rings. The number of aliphatic hydroxyl groups excluding tert-OH is 1. The van der Waals surface area contributed by atoms with Gasteiger partial charge in [0.25, 0.3) is 0 Å². The number of hydrogen-bond donors (Lipinski definition) is 1. The molecule has 4 heteroatoms. The standard InChI is InChI=1S/C13H22N2OS/c1-3-13(4-2)5-7-15(8-6-13)12-14-9-11(10-16)17-12/h9,16H,3-8,10H2,1-2H3. The quantitative estimate of drug-likeness (QED) is 0.897. The monoisotopic (exact) mass is 254 g/mol. The lowest BCUT2D eigenvalue weighted by atomic mass is 9.74. The normalized spacial score (nSPS) is 19.6. The first-order valence-electron chi connectivity index (χ1n) is 6.53. The molecule has 2 rings (SSSR count). The van der Waals surface area contributed by atoms with Gasteiger partial charge in [0.1, 0.15) is 0 Å². The van der Waals surface area contributed by atoms with E-state index in [0.29, 0.717) is 5.41 Å². The van der Waals surface area contributed by atoms with Crippen molar-refractivity contribution < 1.29 is 5.11 Å². The maximum atomic E-state index is 9.06. The predicted molar refractivity (Wildman–Crippen MR) is 72.5 cm³/mol. The van der Waals surface area contributed by atoms with Gasteiger partial charge in [-0.3, -0.25) is 0 Å². The molecule has 0 unspecified atom stereocenters. The fourth-order valence-electron chi connectivity index (χ4n) is 2.65. The van der Waals surface area contributed by atoms with Crippen LogP contribution in [0.2, 0.25) is 0 Å². The number of thiazole rings is 1. The second-order valence-electron chi connectivity index (χ2n) is 4.96. The molecule has 0 aromatic carbocycles. The average molecular weight is 254 g/mol. The van der Waals surface area contributed by atoms with Gasteiger partial charge in [0.2, 0.25) is 0 Å². The molecule has 1 saturated heterocycles. The molecule has 0 amide bonds. The number of rotatable bonds is 4. The number of piperidine rings is 1. The summed E-state index contributed by atoms with van der Waals surface area (Å²) < 4.78 is 0. The van der Waals surface area contributed by atoms with E-state index in [9.17, 15) is 0 Å². The van der Waals surface area contributed by atoms with Crippen molar-refractivity contribution in [3.05, 3.63) is 11.1 Å². The Balaban J connectivity index is 1.99. The van der Waals surface area contributed by atoms with Crippen molar-refractivity contribution in [3.63, 3.8) is 0 Å². The Bertz CT molecular complexity index is 350. The molecule has 0 saturated carbocycles. The molecule has 1 aliphatic heterocycles. The van der Waals surface area contributed by atoms with Crippen molar-refractivity contribution in [1.82, 2.24) is 4.98 Å².